The van der Waals surface area contributed by atoms with E-state index in [-0.39, 0.29) is 12.6 Å². The molecule has 0 aliphatic carbocycles. The molecule has 5 heteroatoms. The number of hydrogen-bond acceptors (Lipinski definition) is 4. The Morgan fingerprint density at radius 1 is 1.33 bits per heavy atom. The number of hydrogen-bond donors (Lipinski definition) is 1. The highest BCUT2D eigenvalue weighted by Gasteiger charge is 2.08. The summed E-state index contributed by atoms with van der Waals surface area (Å²) in [6, 6.07) is 9.34. The van der Waals surface area contributed by atoms with Crippen molar-refractivity contribution < 1.29 is 12.6 Å². The first-order chi connectivity index (χ1) is 6.97. The minimum Gasteiger partial charge on any atom is -0.325 e. The van der Waals surface area contributed by atoms with Gasteiger partial charge in [-0.25, -0.2) is 0 Å². The number of rotatable bonds is 5. The summed E-state index contributed by atoms with van der Waals surface area (Å²) in [5, 5.41) is 0. The molecule has 1 aromatic rings. The molecule has 0 bridgehead atoms. The first kappa shape index (κ1) is 12.2. The lowest BCUT2D eigenvalue weighted by atomic mass is 10.1. The Hall–Kier alpha value is -0.910. The Morgan fingerprint density at radius 3 is 2.47 bits per heavy atom. The van der Waals surface area contributed by atoms with Crippen LogP contribution in [-0.2, 0) is 20.7 Å². The summed E-state index contributed by atoms with van der Waals surface area (Å²) in [6.45, 7) is 0.0216. The van der Waals surface area contributed by atoms with Gasteiger partial charge in [-0.3, -0.25) is 4.18 Å². The Kier molecular flexibility index (Phi) is 4.26. The van der Waals surface area contributed by atoms with Gasteiger partial charge in [0.05, 0.1) is 12.9 Å². The maximum Gasteiger partial charge on any atom is 0.264 e. The zero-order valence-corrected chi connectivity index (χ0v) is 9.41. The number of benzene rings is 1. The lowest BCUT2D eigenvalue weighted by Gasteiger charge is -2.10. The van der Waals surface area contributed by atoms with Gasteiger partial charge < -0.3 is 5.73 Å². The molecular weight excluding hydrogens is 214 g/mol. The summed E-state index contributed by atoms with van der Waals surface area (Å²) in [7, 11) is -3.39. The van der Waals surface area contributed by atoms with Gasteiger partial charge in [0, 0.05) is 6.04 Å². The molecule has 1 rings (SSSR count). The molecule has 1 atom stereocenters. The normalized spacial score (nSPS) is 13.7. The predicted octanol–water partition coefficient (Wildman–Crippen LogP) is 0.533. The van der Waals surface area contributed by atoms with Gasteiger partial charge in [-0.2, -0.15) is 8.42 Å². The van der Waals surface area contributed by atoms with Gasteiger partial charge in [-0.05, 0) is 12.0 Å². The fourth-order valence-corrected chi connectivity index (χ4v) is 1.61. The third-order valence-corrected chi connectivity index (χ3v) is 2.40. The van der Waals surface area contributed by atoms with Gasteiger partial charge in [-0.15, -0.1) is 0 Å². The largest absolute Gasteiger partial charge is 0.325 e. The van der Waals surface area contributed by atoms with Crippen LogP contribution in [0.3, 0.4) is 0 Å². The van der Waals surface area contributed by atoms with E-state index in [1.807, 2.05) is 30.3 Å². The van der Waals surface area contributed by atoms with Crippen molar-refractivity contribution >= 4 is 10.1 Å². The van der Waals surface area contributed by atoms with E-state index < -0.39 is 10.1 Å². The van der Waals surface area contributed by atoms with Crippen LogP contribution in [0.1, 0.15) is 5.56 Å². The summed E-state index contributed by atoms with van der Waals surface area (Å²) in [5.41, 5.74) is 6.79. The molecule has 4 nitrogen and oxygen atoms in total. The van der Waals surface area contributed by atoms with E-state index >= 15 is 0 Å². The van der Waals surface area contributed by atoms with Crippen molar-refractivity contribution in [1.29, 1.82) is 0 Å². The van der Waals surface area contributed by atoms with Gasteiger partial charge in [0.1, 0.15) is 0 Å². The molecule has 0 aliphatic rings. The summed E-state index contributed by atoms with van der Waals surface area (Å²) in [4.78, 5) is 0. The van der Waals surface area contributed by atoms with Crippen LogP contribution in [0.2, 0.25) is 0 Å². The van der Waals surface area contributed by atoms with Crippen molar-refractivity contribution in [3.8, 4) is 0 Å². The van der Waals surface area contributed by atoms with Crippen molar-refractivity contribution in [2.75, 3.05) is 12.9 Å². The highest BCUT2D eigenvalue weighted by atomic mass is 32.2. The minimum atomic E-state index is -3.39. The van der Waals surface area contributed by atoms with Crippen molar-refractivity contribution in [1.82, 2.24) is 0 Å². The number of nitrogens with two attached hydrogens (primary N) is 1. The molecule has 0 heterocycles. The van der Waals surface area contributed by atoms with Crippen molar-refractivity contribution in [3.05, 3.63) is 35.9 Å². The highest BCUT2D eigenvalue weighted by Crippen LogP contribution is 2.02. The van der Waals surface area contributed by atoms with E-state index in [1.165, 1.54) is 0 Å². The summed E-state index contributed by atoms with van der Waals surface area (Å²) in [6.07, 6.45) is 1.62. The summed E-state index contributed by atoms with van der Waals surface area (Å²) in [5.74, 6) is 0. The van der Waals surface area contributed by atoms with Crippen LogP contribution in [0.25, 0.3) is 0 Å². The maximum atomic E-state index is 10.7. The van der Waals surface area contributed by atoms with E-state index in [1.54, 1.807) is 0 Å². The van der Waals surface area contributed by atoms with Crippen LogP contribution in [0, 0.1) is 0 Å². The molecular formula is C10H15NO3S. The van der Waals surface area contributed by atoms with Crippen LogP contribution in [0.15, 0.2) is 30.3 Å². The monoisotopic (exact) mass is 229 g/mol. The molecule has 0 saturated heterocycles. The van der Waals surface area contributed by atoms with Gasteiger partial charge in [-0.1, -0.05) is 30.3 Å². The molecule has 0 saturated carbocycles. The average molecular weight is 229 g/mol. The Morgan fingerprint density at radius 2 is 1.93 bits per heavy atom. The van der Waals surface area contributed by atoms with Crippen LogP contribution < -0.4 is 5.73 Å². The molecule has 0 radical (unpaired) electrons. The van der Waals surface area contributed by atoms with Gasteiger partial charge >= 0.3 is 0 Å². The highest BCUT2D eigenvalue weighted by molar-refractivity contribution is 7.85. The molecule has 15 heavy (non-hydrogen) atoms. The molecule has 0 aliphatic heterocycles. The minimum absolute atomic E-state index is 0.0216. The first-order valence-electron chi connectivity index (χ1n) is 4.61. The quantitative estimate of drug-likeness (QED) is 0.748. The molecule has 1 unspecified atom stereocenters. The third kappa shape index (κ3) is 5.51. The van der Waals surface area contributed by atoms with Crippen molar-refractivity contribution in [2.45, 2.75) is 12.5 Å². The first-order valence-corrected chi connectivity index (χ1v) is 6.43. The van der Waals surface area contributed by atoms with E-state index in [4.69, 9.17) is 5.73 Å². The maximum absolute atomic E-state index is 10.7. The second-order valence-corrected chi connectivity index (χ2v) is 5.08. The molecule has 84 valence electrons. The zero-order chi connectivity index (χ0) is 11.3. The van der Waals surface area contributed by atoms with E-state index in [0.29, 0.717) is 6.42 Å². The van der Waals surface area contributed by atoms with Crippen LogP contribution in [-0.4, -0.2) is 27.3 Å². The fourth-order valence-electron chi connectivity index (χ4n) is 1.19. The van der Waals surface area contributed by atoms with Gasteiger partial charge in [0.2, 0.25) is 0 Å². The predicted molar refractivity (Wildman–Crippen MR) is 58.9 cm³/mol. The zero-order valence-electron chi connectivity index (χ0n) is 8.59. The SMILES string of the molecule is CS(=O)(=O)OCC(N)Cc1ccccc1. The average Bonchev–Trinajstić information content (AvgIpc) is 2.15. The second kappa shape index (κ2) is 5.25. The molecule has 2 N–H and O–H groups in total. The van der Waals surface area contributed by atoms with Crippen LogP contribution in [0.4, 0.5) is 0 Å². The smallest absolute Gasteiger partial charge is 0.264 e. The molecule has 0 aromatic heterocycles. The molecule has 1 aromatic carbocycles. The van der Waals surface area contributed by atoms with Crippen molar-refractivity contribution in [3.63, 3.8) is 0 Å². The molecule has 0 fully saturated rings. The second-order valence-electron chi connectivity index (χ2n) is 3.44. The Bertz CT molecular complexity index is 388. The van der Waals surface area contributed by atoms with Crippen LogP contribution in [0.5, 0.6) is 0 Å². The van der Waals surface area contributed by atoms with Gasteiger partial charge in [0.15, 0.2) is 0 Å². The lowest BCUT2D eigenvalue weighted by molar-refractivity contribution is 0.293. The van der Waals surface area contributed by atoms with Gasteiger partial charge in [0.25, 0.3) is 10.1 Å². The summed E-state index contributed by atoms with van der Waals surface area (Å²) >= 11 is 0. The van der Waals surface area contributed by atoms with E-state index in [0.717, 1.165) is 11.8 Å². The Balaban J connectivity index is 2.40. The topological polar surface area (TPSA) is 69.4 Å². The molecule has 0 spiro atoms. The lowest BCUT2D eigenvalue weighted by Crippen LogP contribution is -2.29. The third-order valence-electron chi connectivity index (χ3n) is 1.84. The van der Waals surface area contributed by atoms with E-state index in [9.17, 15) is 8.42 Å². The summed E-state index contributed by atoms with van der Waals surface area (Å²) < 4.78 is 26.0. The Labute approximate surface area is 90.2 Å². The van der Waals surface area contributed by atoms with E-state index in [2.05, 4.69) is 4.18 Å². The fraction of sp³-hybridized carbons (Fsp3) is 0.400. The molecule has 0 amide bonds. The van der Waals surface area contributed by atoms with Crippen LogP contribution >= 0.6 is 0 Å². The standard InChI is InChI=1S/C10H15NO3S/c1-15(12,13)14-8-10(11)7-9-5-3-2-4-6-9/h2-6,10H,7-8,11H2,1H3. The van der Waals surface area contributed by atoms with Crippen molar-refractivity contribution in [2.24, 2.45) is 5.73 Å².